The van der Waals surface area contributed by atoms with Crippen LogP contribution in [0.25, 0.3) is 31.7 Å². The summed E-state index contributed by atoms with van der Waals surface area (Å²) in [7, 11) is 0.123. The molecule has 7 rings (SSSR count). The molecular formula is C53H70N8O11S3. The number of hydrogen-bond donors (Lipinski definition) is 5. The van der Waals surface area contributed by atoms with E-state index in [1.165, 1.54) is 23.0 Å². The molecule has 19 nitrogen and oxygen atoms in total. The van der Waals surface area contributed by atoms with Gasteiger partial charge in [0.15, 0.2) is 18.1 Å². The van der Waals surface area contributed by atoms with Gasteiger partial charge in [0.1, 0.15) is 21.7 Å². The van der Waals surface area contributed by atoms with Gasteiger partial charge < -0.3 is 54.4 Å². The number of nitrogens with zero attached hydrogens (tertiary/aromatic N) is 3. The molecule has 5 heterocycles. The number of thiazole rings is 1. The highest BCUT2D eigenvalue weighted by molar-refractivity contribution is 7.91. The van der Waals surface area contributed by atoms with E-state index in [4.69, 9.17) is 29.1 Å². The molecule has 2 aliphatic rings. The van der Waals surface area contributed by atoms with E-state index < -0.39 is 27.3 Å². The summed E-state index contributed by atoms with van der Waals surface area (Å²) in [6.45, 7) is 11.4. The Kier molecular flexibility index (Phi) is 20.0. The summed E-state index contributed by atoms with van der Waals surface area (Å²) in [6, 6.07) is 13.9. The van der Waals surface area contributed by atoms with Gasteiger partial charge in [-0.1, -0.05) is 51.1 Å². The summed E-state index contributed by atoms with van der Waals surface area (Å²) >= 11 is 2.91. The molecule has 2 atom stereocenters. The minimum atomic E-state index is -3.04. The lowest BCUT2D eigenvalue weighted by Gasteiger charge is -2.35. The molecule has 0 bridgehead atoms. The van der Waals surface area contributed by atoms with Crippen LogP contribution < -0.4 is 36.3 Å². The quantitative estimate of drug-likeness (QED) is 0.0292. The van der Waals surface area contributed by atoms with Gasteiger partial charge in [-0.25, -0.2) is 13.4 Å². The van der Waals surface area contributed by atoms with Crippen LogP contribution >= 0.6 is 22.7 Å². The molecule has 0 saturated carbocycles. The minimum Gasteiger partial charge on any atom is -0.493 e. The van der Waals surface area contributed by atoms with Crippen molar-refractivity contribution in [2.75, 3.05) is 84.5 Å². The standard InChI is InChI=1S/C53H70N8O11S3/c1-34-46(73-33-58-34)36-11-9-35(10-12-36)30-57-50(63)41-8-7-19-61(41)52(65)48(53(2,3)4)56-18-21-70-23-25-71-24-22-69-20-17-55-45(62)32-72-42-14-13-37(28-43(42)68-6)40-31-60(5)51(64)39-29-44(74-47(39)40)49(54)59-38-15-26-75(66,67)27-16-38/h9-14,28-29,31,33,38,41,48,56H,7-8,15-27,30,32H2,1-6H3,(H2,54,59)(H,55,62)(H,57,63)/t41-,48?/m0/s1. The van der Waals surface area contributed by atoms with Gasteiger partial charge in [-0.15, -0.1) is 22.7 Å². The Hall–Kier alpha value is -5.75. The molecule has 3 amide bonds. The molecule has 75 heavy (non-hydrogen) atoms. The van der Waals surface area contributed by atoms with Crippen molar-refractivity contribution in [3.63, 3.8) is 0 Å². The predicted octanol–water partition coefficient (Wildman–Crippen LogP) is 5.06. The van der Waals surface area contributed by atoms with E-state index in [0.717, 1.165) is 39.2 Å². The number of thiophene rings is 1. The number of carbonyl (C=O) groups excluding carboxylic acids is 3. The number of methoxy groups -OCH3 is 1. The van der Waals surface area contributed by atoms with E-state index in [9.17, 15) is 27.6 Å². The highest BCUT2D eigenvalue weighted by Crippen LogP contribution is 2.38. The van der Waals surface area contributed by atoms with Crippen LogP contribution in [0.4, 0.5) is 0 Å². The smallest absolute Gasteiger partial charge is 0.259 e. The third-order valence-corrected chi connectivity index (χ3v) is 17.0. The Labute approximate surface area is 446 Å². The number of sulfone groups is 1. The summed E-state index contributed by atoms with van der Waals surface area (Å²) < 4.78 is 54.4. The van der Waals surface area contributed by atoms with Crippen LogP contribution in [-0.4, -0.2) is 149 Å². The second-order valence-corrected chi connectivity index (χ2v) is 23.9. The third-order valence-electron chi connectivity index (χ3n) is 13.1. The molecule has 1 unspecified atom stereocenters. The van der Waals surface area contributed by atoms with Gasteiger partial charge in [0.2, 0.25) is 11.8 Å². The second kappa shape index (κ2) is 26.3. The summed E-state index contributed by atoms with van der Waals surface area (Å²) in [5.74, 6) is 0.476. The van der Waals surface area contributed by atoms with Crippen molar-refractivity contribution in [2.24, 2.45) is 12.5 Å². The number of aryl methyl sites for hydroxylation is 2. The number of rotatable bonds is 25. The second-order valence-electron chi connectivity index (χ2n) is 19.7. The fourth-order valence-corrected chi connectivity index (χ4v) is 12.4. The number of carbonyl (C=O) groups is 3. The molecule has 0 aliphatic carbocycles. The number of amides is 3. The largest absolute Gasteiger partial charge is 0.493 e. The van der Waals surface area contributed by atoms with Crippen LogP contribution in [0.3, 0.4) is 0 Å². The van der Waals surface area contributed by atoms with Gasteiger partial charge in [0, 0.05) is 55.7 Å². The first-order chi connectivity index (χ1) is 35.9. The highest BCUT2D eigenvalue weighted by atomic mass is 32.2. The van der Waals surface area contributed by atoms with Gasteiger partial charge in [0.05, 0.1) is 90.6 Å². The minimum absolute atomic E-state index is 0.0838. The lowest BCUT2D eigenvalue weighted by atomic mass is 9.85. The lowest BCUT2D eigenvalue weighted by Crippen LogP contribution is -2.57. The molecule has 22 heteroatoms. The summed E-state index contributed by atoms with van der Waals surface area (Å²) in [4.78, 5) is 60.9. The van der Waals surface area contributed by atoms with Crippen molar-refractivity contribution in [2.45, 2.75) is 78.0 Å². The number of amidine groups is 1. The van der Waals surface area contributed by atoms with Crippen molar-refractivity contribution in [3.8, 4) is 33.1 Å². The first-order valence-electron chi connectivity index (χ1n) is 25.2. The molecule has 5 aromatic rings. The van der Waals surface area contributed by atoms with Crippen molar-refractivity contribution in [1.82, 2.24) is 35.7 Å². The van der Waals surface area contributed by atoms with Crippen LogP contribution in [0, 0.1) is 17.7 Å². The summed E-state index contributed by atoms with van der Waals surface area (Å²) in [5, 5.41) is 21.5. The Balaban J connectivity index is 0.751. The average Bonchev–Trinajstić information content (AvgIpc) is 4.18. The maximum atomic E-state index is 13.9. The van der Waals surface area contributed by atoms with Crippen molar-refractivity contribution in [1.29, 1.82) is 5.41 Å². The fourth-order valence-electron chi connectivity index (χ4n) is 9.01. The van der Waals surface area contributed by atoms with Crippen LogP contribution in [0.2, 0.25) is 0 Å². The number of nitrogens with one attached hydrogen (secondary N) is 5. The van der Waals surface area contributed by atoms with E-state index in [1.807, 2.05) is 63.5 Å². The van der Waals surface area contributed by atoms with Gasteiger partial charge in [-0.2, -0.15) is 0 Å². The number of pyridine rings is 1. The number of fused-ring (bicyclic) bond motifs is 1. The van der Waals surface area contributed by atoms with Gasteiger partial charge >= 0.3 is 0 Å². The van der Waals surface area contributed by atoms with Crippen molar-refractivity contribution >= 4 is 66.2 Å². The molecule has 2 aliphatic heterocycles. The normalized spacial score (nSPS) is 16.2. The van der Waals surface area contributed by atoms with Crippen LogP contribution in [-0.2, 0) is 52.0 Å². The van der Waals surface area contributed by atoms with Gasteiger partial charge in [-0.3, -0.25) is 24.6 Å². The fraction of sp³-hybridized carbons (Fsp3) is 0.509. The first kappa shape index (κ1) is 57.0. The average molecular weight is 1090 g/mol. The van der Waals surface area contributed by atoms with Crippen molar-refractivity contribution < 1.29 is 46.5 Å². The number of aromatic nitrogens is 2. The van der Waals surface area contributed by atoms with E-state index in [-0.39, 0.29) is 66.4 Å². The van der Waals surface area contributed by atoms with Gasteiger partial charge in [0.25, 0.3) is 11.5 Å². The van der Waals surface area contributed by atoms with Crippen LogP contribution in [0.1, 0.15) is 62.6 Å². The van der Waals surface area contributed by atoms with Crippen LogP contribution in [0.5, 0.6) is 11.5 Å². The SMILES string of the molecule is COc1cc(-c2cn(C)c(=O)c3cc(C(=N)NC4CCS(=O)(=O)CC4)sc23)ccc1OCC(=O)NCCOCCOCCOCCNC(C(=O)N1CCC[C@H]1C(=O)NCc1ccc(-c2scnc2C)cc1)C(C)(C)C. The maximum absolute atomic E-state index is 13.9. The molecule has 2 aromatic carbocycles. The monoisotopic (exact) mass is 1090 g/mol. The number of likely N-dealkylation sites (tertiary alicyclic amines) is 1. The van der Waals surface area contributed by atoms with E-state index in [2.05, 4.69) is 26.3 Å². The Morgan fingerprint density at radius 1 is 0.893 bits per heavy atom. The molecular weight excluding hydrogens is 1020 g/mol. The molecule has 406 valence electrons. The number of ether oxygens (including phenoxy) is 5. The Morgan fingerprint density at radius 2 is 1.57 bits per heavy atom. The zero-order valence-corrected chi connectivity index (χ0v) is 46.0. The molecule has 3 aromatic heterocycles. The molecule has 2 fully saturated rings. The molecule has 2 saturated heterocycles. The number of hydrogen-bond acceptors (Lipinski definition) is 16. The van der Waals surface area contributed by atoms with Crippen molar-refractivity contribution in [3.05, 3.63) is 86.7 Å². The maximum Gasteiger partial charge on any atom is 0.259 e. The Morgan fingerprint density at radius 3 is 2.24 bits per heavy atom. The number of benzene rings is 2. The van der Waals surface area contributed by atoms with E-state index in [0.29, 0.717) is 98.4 Å². The van der Waals surface area contributed by atoms with Gasteiger partial charge in [-0.05, 0) is 72.9 Å². The first-order valence-corrected chi connectivity index (χ1v) is 28.8. The van der Waals surface area contributed by atoms with Crippen LogP contribution in [0.15, 0.2) is 65.0 Å². The highest BCUT2D eigenvalue weighted by Gasteiger charge is 2.41. The summed E-state index contributed by atoms with van der Waals surface area (Å²) in [6.07, 6.45) is 3.97. The lowest BCUT2D eigenvalue weighted by molar-refractivity contribution is -0.142. The molecule has 0 spiro atoms. The van der Waals surface area contributed by atoms with E-state index in [1.54, 1.807) is 47.7 Å². The Bertz CT molecular complexity index is 2940. The molecule has 0 radical (unpaired) electrons. The zero-order valence-electron chi connectivity index (χ0n) is 43.6. The van der Waals surface area contributed by atoms with E-state index >= 15 is 0 Å². The summed E-state index contributed by atoms with van der Waals surface area (Å²) in [5.41, 5.74) is 5.80. The zero-order chi connectivity index (χ0) is 53.7. The third kappa shape index (κ3) is 15.4. The predicted molar refractivity (Wildman–Crippen MR) is 292 cm³/mol. The molecule has 5 N–H and O–H groups in total. The topological polar surface area (TPSA) is 242 Å².